The predicted molar refractivity (Wildman–Crippen MR) is 83.1 cm³/mol. The van der Waals surface area contributed by atoms with Gasteiger partial charge in [0, 0.05) is 24.2 Å². The fourth-order valence-corrected chi connectivity index (χ4v) is 2.56. The summed E-state index contributed by atoms with van der Waals surface area (Å²) in [5, 5.41) is 4.76. The molecule has 2 rings (SSSR count). The van der Waals surface area contributed by atoms with Crippen LogP contribution in [-0.4, -0.2) is 19.8 Å². The highest BCUT2D eigenvalue weighted by Gasteiger charge is 2.17. The number of benzene rings is 1. The number of furan rings is 1. The summed E-state index contributed by atoms with van der Waals surface area (Å²) in [6.07, 6.45) is 2.02. The standard InChI is InChI=1S/C17H25NO2/c1-4-14-15-9-6-7-10-16(15)20-17(14)13(3)18-11-8-12-19-5-2/h6-7,9-10,13,18H,4-5,8,11-12H2,1-3H3. The molecule has 3 heteroatoms. The lowest BCUT2D eigenvalue weighted by molar-refractivity contribution is 0.144. The van der Waals surface area contributed by atoms with Crippen molar-refractivity contribution in [3.05, 3.63) is 35.6 Å². The van der Waals surface area contributed by atoms with Crippen molar-refractivity contribution in [2.24, 2.45) is 0 Å². The molecule has 1 aromatic heterocycles. The van der Waals surface area contributed by atoms with Gasteiger partial charge >= 0.3 is 0 Å². The smallest absolute Gasteiger partial charge is 0.134 e. The molecule has 1 unspecified atom stereocenters. The predicted octanol–water partition coefficient (Wildman–Crippen LogP) is 4.07. The van der Waals surface area contributed by atoms with E-state index in [-0.39, 0.29) is 6.04 Å². The van der Waals surface area contributed by atoms with Crippen LogP contribution in [0.5, 0.6) is 0 Å². The van der Waals surface area contributed by atoms with Crippen LogP contribution >= 0.6 is 0 Å². The number of aryl methyl sites for hydroxylation is 1. The molecule has 0 saturated carbocycles. The third-order valence-corrected chi connectivity index (χ3v) is 3.60. The second-order valence-electron chi connectivity index (χ2n) is 5.02. The molecule has 0 aliphatic rings. The van der Waals surface area contributed by atoms with Gasteiger partial charge in [-0.15, -0.1) is 0 Å². The molecule has 0 amide bonds. The van der Waals surface area contributed by atoms with Gasteiger partial charge < -0.3 is 14.5 Å². The number of nitrogens with one attached hydrogen (secondary N) is 1. The summed E-state index contributed by atoms with van der Waals surface area (Å²) in [5.74, 6) is 1.07. The molecule has 0 spiro atoms. The van der Waals surface area contributed by atoms with Gasteiger partial charge in [0.2, 0.25) is 0 Å². The lowest BCUT2D eigenvalue weighted by Gasteiger charge is -2.13. The summed E-state index contributed by atoms with van der Waals surface area (Å²) < 4.78 is 11.4. The summed E-state index contributed by atoms with van der Waals surface area (Å²) in [5.41, 5.74) is 2.31. The molecule has 1 heterocycles. The van der Waals surface area contributed by atoms with Crippen LogP contribution in [0.1, 0.15) is 44.6 Å². The first kappa shape index (κ1) is 15.1. The fraction of sp³-hybridized carbons (Fsp3) is 0.529. The zero-order chi connectivity index (χ0) is 14.4. The molecule has 0 aliphatic carbocycles. The van der Waals surface area contributed by atoms with Crippen LogP contribution in [0.2, 0.25) is 0 Å². The number of ether oxygens (including phenoxy) is 1. The summed E-state index contributed by atoms with van der Waals surface area (Å²) in [4.78, 5) is 0. The first-order chi connectivity index (χ1) is 9.77. The van der Waals surface area contributed by atoms with Crippen molar-refractivity contribution in [1.82, 2.24) is 5.32 Å². The van der Waals surface area contributed by atoms with Gasteiger partial charge in [0.15, 0.2) is 0 Å². The van der Waals surface area contributed by atoms with Crippen molar-refractivity contribution in [2.75, 3.05) is 19.8 Å². The van der Waals surface area contributed by atoms with Crippen LogP contribution in [0, 0.1) is 0 Å². The highest BCUT2D eigenvalue weighted by Crippen LogP contribution is 2.30. The highest BCUT2D eigenvalue weighted by molar-refractivity contribution is 5.82. The summed E-state index contributed by atoms with van der Waals surface area (Å²) >= 11 is 0. The molecular formula is C17H25NO2. The number of para-hydroxylation sites is 1. The normalized spacial score (nSPS) is 12.9. The van der Waals surface area contributed by atoms with E-state index in [0.717, 1.165) is 43.9 Å². The lowest BCUT2D eigenvalue weighted by Crippen LogP contribution is -2.21. The minimum Gasteiger partial charge on any atom is -0.459 e. The Kier molecular flexibility index (Phi) is 5.62. The highest BCUT2D eigenvalue weighted by atomic mass is 16.5. The Morgan fingerprint density at radius 3 is 2.80 bits per heavy atom. The van der Waals surface area contributed by atoms with Crippen LogP contribution in [0.15, 0.2) is 28.7 Å². The Morgan fingerprint density at radius 1 is 1.25 bits per heavy atom. The number of rotatable bonds is 8. The van der Waals surface area contributed by atoms with E-state index in [4.69, 9.17) is 9.15 Å². The molecule has 0 saturated heterocycles. The van der Waals surface area contributed by atoms with Crippen molar-refractivity contribution in [1.29, 1.82) is 0 Å². The zero-order valence-electron chi connectivity index (χ0n) is 12.7. The van der Waals surface area contributed by atoms with Gasteiger partial charge in [0.05, 0.1) is 6.04 Å². The first-order valence-corrected chi connectivity index (χ1v) is 7.59. The van der Waals surface area contributed by atoms with E-state index in [1.54, 1.807) is 0 Å². The second-order valence-corrected chi connectivity index (χ2v) is 5.02. The fourth-order valence-electron chi connectivity index (χ4n) is 2.56. The summed E-state index contributed by atoms with van der Waals surface area (Å²) in [6.45, 7) is 8.93. The molecule has 1 atom stereocenters. The van der Waals surface area contributed by atoms with Crippen molar-refractivity contribution in [3.8, 4) is 0 Å². The minimum absolute atomic E-state index is 0.235. The molecule has 0 bridgehead atoms. The van der Waals surface area contributed by atoms with Gasteiger partial charge in [-0.2, -0.15) is 0 Å². The lowest BCUT2D eigenvalue weighted by atomic mass is 10.1. The molecule has 1 aromatic carbocycles. The van der Waals surface area contributed by atoms with Crippen LogP contribution in [0.3, 0.4) is 0 Å². The second kappa shape index (κ2) is 7.46. The van der Waals surface area contributed by atoms with Crippen molar-refractivity contribution in [2.45, 2.75) is 39.7 Å². The van der Waals surface area contributed by atoms with E-state index in [9.17, 15) is 0 Å². The maximum Gasteiger partial charge on any atom is 0.134 e. The Labute approximate surface area is 121 Å². The van der Waals surface area contributed by atoms with Gasteiger partial charge in [-0.05, 0) is 39.3 Å². The van der Waals surface area contributed by atoms with Crippen molar-refractivity contribution >= 4 is 11.0 Å². The van der Waals surface area contributed by atoms with Gasteiger partial charge in [-0.25, -0.2) is 0 Å². The number of fused-ring (bicyclic) bond motifs is 1. The molecule has 110 valence electrons. The van der Waals surface area contributed by atoms with Crippen molar-refractivity contribution < 1.29 is 9.15 Å². The SMILES string of the molecule is CCOCCCNC(C)c1oc2ccccc2c1CC. The molecular weight excluding hydrogens is 250 g/mol. The molecule has 3 nitrogen and oxygen atoms in total. The van der Waals surface area contributed by atoms with Crippen molar-refractivity contribution in [3.63, 3.8) is 0 Å². The molecule has 0 radical (unpaired) electrons. The third kappa shape index (κ3) is 3.41. The zero-order valence-corrected chi connectivity index (χ0v) is 12.7. The third-order valence-electron chi connectivity index (χ3n) is 3.60. The van der Waals surface area contributed by atoms with E-state index in [1.165, 1.54) is 10.9 Å². The van der Waals surface area contributed by atoms with Crippen LogP contribution in [0.4, 0.5) is 0 Å². The Hall–Kier alpha value is -1.32. The monoisotopic (exact) mass is 275 g/mol. The van der Waals surface area contributed by atoms with E-state index < -0.39 is 0 Å². The van der Waals surface area contributed by atoms with Crippen LogP contribution < -0.4 is 5.32 Å². The number of hydrogen-bond donors (Lipinski definition) is 1. The van der Waals surface area contributed by atoms with Crippen LogP contribution in [-0.2, 0) is 11.2 Å². The van der Waals surface area contributed by atoms with Crippen LogP contribution in [0.25, 0.3) is 11.0 Å². The Bertz CT molecular complexity index is 533. The minimum atomic E-state index is 0.235. The molecule has 1 N–H and O–H groups in total. The van der Waals surface area contributed by atoms with E-state index in [1.807, 2.05) is 19.1 Å². The molecule has 0 aliphatic heterocycles. The molecule has 20 heavy (non-hydrogen) atoms. The van der Waals surface area contributed by atoms with Gasteiger partial charge in [-0.3, -0.25) is 0 Å². The first-order valence-electron chi connectivity index (χ1n) is 7.59. The summed E-state index contributed by atoms with van der Waals surface area (Å²) in [6, 6.07) is 8.51. The maximum absolute atomic E-state index is 6.04. The topological polar surface area (TPSA) is 34.4 Å². The van der Waals surface area contributed by atoms with Gasteiger partial charge in [0.25, 0.3) is 0 Å². The number of hydrogen-bond acceptors (Lipinski definition) is 3. The van der Waals surface area contributed by atoms with Gasteiger partial charge in [0.1, 0.15) is 11.3 Å². The van der Waals surface area contributed by atoms with E-state index in [2.05, 4.69) is 31.3 Å². The molecule has 0 fully saturated rings. The van der Waals surface area contributed by atoms with Gasteiger partial charge in [-0.1, -0.05) is 25.1 Å². The Morgan fingerprint density at radius 2 is 2.05 bits per heavy atom. The quantitative estimate of drug-likeness (QED) is 0.737. The summed E-state index contributed by atoms with van der Waals surface area (Å²) in [7, 11) is 0. The molecule has 2 aromatic rings. The average molecular weight is 275 g/mol. The maximum atomic E-state index is 6.04. The Balaban J connectivity index is 2.03. The largest absolute Gasteiger partial charge is 0.459 e. The average Bonchev–Trinajstić information content (AvgIpc) is 2.85. The van der Waals surface area contributed by atoms with E-state index in [0.29, 0.717) is 0 Å². The van der Waals surface area contributed by atoms with E-state index >= 15 is 0 Å².